The highest BCUT2D eigenvalue weighted by Gasteiger charge is 2.19. The normalized spacial score (nSPS) is 12.2. The molecular weight excluding hydrogens is 388 g/mol. The highest BCUT2D eigenvalue weighted by atomic mass is 79.9. The van der Waals surface area contributed by atoms with Crippen molar-refractivity contribution in [2.24, 2.45) is 5.92 Å². The van der Waals surface area contributed by atoms with Gasteiger partial charge in [-0.1, -0.05) is 79.4 Å². The number of carbonyl (C=O) groups is 1. The fourth-order valence-electron chi connectivity index (χ4n) is 3.45. The summed E-state index contributed by atoms with van der Waals surface area (Å²) >= 11 is 3.79. The highest BCUT2D eigenvalue weighted by Crippen LogP contribution is 2.29. The van der Waals surface area contributed by atoms with Gasteiger partial charge in [0.25, 0.3) is 0 Å². The quantitative estimate of drug-likeness (QED) is 0.121. The van der Waals surface area contributed by atoms with Crippen molar-refractivity contribution in [2.45, 2.75) is 108 Å². The molecule has 1 unspecified atom stereocenters. The Morgan fingerprint density at radius 2 is 1.19 bits per heavy atom. The molecule has 0 aromatic carbocycles. The van der Waals surface area contributed by atoms with Crippen LogP contribution >= 0.6 is 15.9 Å². The number of aliphatic carboxylic acids is 1. The van der Waals surface area contributed by atoms with Crippen LogP contribution in [0, 0.1) is 5.92 Å². The van der Waals surface area contributed by atoms with Crippen LogP contribution in [-0.2, 0) is 4.79 Å². The monoisotopic (exact) mass is 428 g/mol. The van der Waals surface area contributed by atoms with Gasteiger partial charge in [-0.15, -0.1) is 13.2 Å². The molecule has 0 aliphatic rings. The molecule has 1 atom stereocenters. The first-order valence-electron chi connectivity index (χ1n) is 10.7. The zero-order valence-corrected chi connectivity index (χ0v) is 18.4. The van der Waals surface area contributed by atoms with E-state index in [-0.39, 0.29) is 6.42 Å². The first kappa shape index (κ1) is 25.4. The summed E-state index contributed by atoms with van der Waals surface area (Å²) in [6, 6.07) is 0. The topological polar surface area (TPSA) is 37.3 Å². The Labute approximate surface area is 170 Å². The Kier molecular flexibility index (Phi) is 18.8. The molecule has 0 spiro atoms. The van der Waals surface area contributed by atoms with E-state index in [2.05, 4.69) is 29.1 Å². The summed E-state index contributed by atoms with van der Waals surface area (Å²) in [7, 11) is 0. The number of carboxylic acids is 1. The maximum absolute atomic E-state index is 10.9. The zero-order chi connectivity index (χ0) is 19.5. The van der Waals surface area contributed by atoms with Crippen LogP contribution in [-0.4, -0.2) is 15.9 Å². The third-order valence-electron chi connectivity index (χ3n) is 5.11. The lowest BCUT2D eigenvalue weighted by molar-refractivity contribution is -0.137. The van der Waals surface area contributed by atoms with Crippen molar-refractivity contribution in [2.75, 3.05) is 0 Å². The Morgan fingerprint density at radius 3 is 1.62 bits per heavy atom. The van der Waals surface area contributed by atoms with Crippen LogP contribution in [0.1, 0.15) is 103 Å². The summed E-state index contributed by atoms with van der Waals surface area (Å²) in [4.78, 5) is 11.2. The van der Waals surface area contributed by atoms with Gasteiger partial charge < -0.3 is 5.11 Å². The summed E-state index contributed by atoms with van der Waals surface area (Å²) in [6.45, 7) is 7.54. The standard InChI is InChI=1S/C23H41BrO2/c1-3-5-7-9-11-13-15-17-21(22(24)19-20-23(25)26)18-16-14-12-10-8-6-4-2/h3-4,21-22H,1-2,5-20H2,(H,25,26). The molecule has 0 aromatic heterocycles. The van der Waals surface area contributed by atoms with Gasteiger partial charge in [-0.05, 0) is 50.9 Å². The van der Waals surface area contributed by atoms with Crippen molar-refractivity contribution in [1.29, 1.82) is 0 Å². The third-order valence-corrected chi connectivity index (χ3v) is 6.32. The van der Waals surface area contributed by atoms with Gasteiger partial charge in [0.15, 0.2) is 0 Å². The Balaban J connectivity index is 4.02. The fourth-order valence-corrected chi connectivity index (χ4v) is 4.21. The minimum absolute atomic E-state index is 0.273. The van der Waals surface area contributed by atoms with Gasteiger partial charge in [0, 0.05) is 11.2 Å². The number of hydrogen-bond acceptors (Lipinski definition) is 1. The van der Waals surface area contributed by atoms with Crippen LogP contribution in [0.5, 0.6) is 0 Å². The molecule has 152 valence electrons. The van der Waals surface area contributed by atoms with Crippen molar-refractivity contribution in [3.05, 3.63) is 25.3 Å². The average Bonchev–Trinajstić information content (AvgIpc) is 2.62. The summed E-state index contributed by atoms with van der Waals surface area (Å²) < 4.78 is 0. The Morgan fingerprint density at radius 1 is 0.769 bits per heavy atom. The molecule has 2 nitrogen and oxygen atoms in total. The van der Waals surface area contributed by atoms with Gasteiger partial charge in [-0.3, -0.25) is 4.79 Å². The van der Waals surface area contributed by atoms with Gasteiger partial charge in [0.05, 0.1) is 0 Å². The minimum atomic E-state index is -0.683. The maximum atomic E-state index is 10.9. The molecular formula is C23H41BrO2. The molecule has 0 rings (SSSR count). The van der Waals surface area contributed by atoms with Crippen LogP contribution in [0.4, 0.5) is 0 Å². The van der Waals surface area contributed by atoms with Crippen LogP contribution in [0.2, 0.25) is 0 Å². The average molecular weight is 429 g/mol. The van der Waals surface area contributed by atoms with E-state index in [4.69, 9.17) is 5.11 Å². The zero-order valence-electron chi connectivity index (χ0n) is 16.8. The van der Waals surface area contributed by atoms with E-state index in [1.165, 1.54) is 77.0 Å². The predicted molar refractivity (Wildman–Crippen MR) is 118 cm³/mol. The van der Waals surface area contributed by atoms with Crippen molar-refractivity contribution < 1.29 is 9.90 Å². The van der Waals surface area contributed by atoms with E-state index in [0.29, 0.717) is 10.7 Å². The molecule has 1 N–H and O–H groups in total. The molecule has 0 saturated heterocycles. The lowest BCUT2D eigenvalue weighted by Gasteiger charge is -2.22. The van der Waals surface area contributed by atoms with Crippen LogP contribution in [0.15, 0.2) is 25.3 Å². The molecule has 0 fully saturated rings. The lowest BCUT2D eigenvalue weighted by Crippen LogP contribution is -2.16. The number of carboxylic acid groups (broad SMARTS) is 1. The Hall–Kier alpha value is -0.570. The molecule has 0 bridgehead atoms. The molecule has 26 heavy (non-hydrogen) atoms. The second-order valence-corrected chi connectivity index (χ2v) is 8.65. The summed E-state index contributed by atoms with van der Waals surface area (Å²) in [6.07, 6.45) is 22.7. The fraction of sp³-hybridized carbons (Fsp3) is 0.783. The lowest BCUT2D eigenvalue weighted by atomic mass is 9.89. The van der Waals surface area contributed by atoms with Crippen molar-refractivity contribution in [1.82, 2.24) is 0 Å². The van der Waals surface area contributed by atoms with Crippen molar-refractivity contribution in [3.8, 4) is 0 Å². The molecule has 0 heterocycles. The number of rotatable bonds is 20. The largest absolute Gasteiger partial charge is 0.481 e. The smallest absolute Gasteiger partial charge is 0.303 e. The molecule has 0 aliphatic heterocycles. The van der Waals surface area contributed by atoms with Crippen molar-refractivity contribution in [3.63, 3.8) is 0 Å². The third kappa shape index (κ3) is 16.9. The van der Waals surface area contributed by atoms with Gasteiger partial charge in [-0.2, -0.15) is 0 Å². The summed E-state index contributed by atoms with van der Waals surface area (Å²) in [5.74, 6) is -0.0617. The molecule has 3 heteroatoms. The van der Waals surface area contributed by atoms with Crippen LogP contribution in [0.25, 0.3) is 0 Å². The highest BCUT2D eigenvalue weighted by molar-refractivity contribution is 9.09. The van der Waals surface area contributed by atoms with E-state index in [1.54, 1.807) is 0 Å². The van der Waals surface area contributed by atoms with Crippen molar-refractivity contribution >= 4 is 21.9 Å². The van der Waals surface area contributed by atoms with Gasteiger partial charge in [0.2, 0.25) is 0 Å². The molecule has 0 amide bonds. The number of halogens is 1. The first-order chi connectivity index (χ1) is 12.6. The predicted octanol–water partition coefficient (Wildman–Crippen LogP) is 8.06. The number of alkyl halides is 1. The number of unbranched alkanes of at least 4 members (excludes halogenated alkanes) is 10. The minimum Gasteiger partial charge on any atom is -0.481 e. The van der Waals surface area contributed by atoms with E-state index in [1.807, 2.05) is 12.2 Å². The van der Waals surface area contributed by atoms with Crippen LogP contribution in [0.3, 0.4) is 0 Å². The second kappa shape index (κ2) is 19.2. The number of hydrogen-bond donors (Lipinski definition) is 1. The second-order valence-electron chi connectivity index (χ2n) is 7.48. The van der Waals surface area contributed by atoms with Crippen LogP contribution < -0.4 is 0 Å². The van der Waals surface area contributed by atoms with E-state index in [9.17, 15) is 4.79 Å². The Bertz CT molecular complexity index is 332. The van der Waals surface area contributed by atoms with Gasteiger partial charge in [-0.25, -0.2) is 0 Å². The van der Waals surface area contributed by atoms with E-state index >= 15 is 0 Å². The summed E-state index contributed by atoms with van der Waals surface area (Å²) in [5.41, 5.74) is 0. The molecule has 0 aliphatic carbocycles. The summed E-state index contributed by atoms with van der Waals surface area (Å²) in [5, 5.41) is 8.94. The SMILES string of the molecule is C=CCCCCCCCC(CCCCCCCC=C)C(Br)CCC(=O)O. The molecule has 0 radical (unpaired) electrons. The van der Waals surface area contributed by atoms with Gasteiger partial charge in [0.1, 0.15) is 0 Å². The number of allylic oxidation sites excluding steroid dienone is 2. The maximum Gasteiger partial charge on any atom is 0.303 e. The molecule has 0 saturated carbocycles. The first-order valence-corrected chi connectivity index (χ1v) is 11.6. The van der Waals surface area contributed by atoms with Gasteiger partial charge >= 0.3 is 5.97 Å². The van der Waals surface area contributed by atoms with E-state index in [0.717, 1.165) is 19.3 Å². The van der Waals surface area contributed by atoms with E-state index < -0.39 is 5.97 Å². The molecule has 0 aromatic rings.